The average Bonchev–Trinajstić information content (AvgIpc) is 2.92. The van der Waals surface area contributed by atoms with Crippen LogP contribution in [0.3, 0.4) is 0 Å². The van der Waals surface area contributed by atoms with Crippen LogP contribution < -0.4 is 0 Å². The highest BCUT2D eigenvalue weighted by Gasteiger charge is 2.34. The van der Waals surface area contributed by atoms with Gasteiger partial charge in [-0.25, -0.2) is 0 Å². The monoisotopic (exact) mass is 376 g/mol. The van der Waals surface area contributed by atoms with Crippen LogP contribution in [0.4, 0.5) is 0 Å². The molecule has 2 aromatic carbocycles. The first kappa shape index (κ1) is 18.4. The molecule has 0 N–H and O–H groups in total. The molecule has 1 atom stereocenters. The van der Waals surface area contributed by atoms with E-state index in [0.717, 1.165) is 35.3 Å². The summed E-state index contributed by atoms with van der Waals surface area (Å²) in [7, 11) is -1.48. The van der Waals surface area contributed by atoms with Gasteiger partial charge in [0.05, 0.1) is 21.3 Å². The molecule has 0 aromatic heterocycles. The van der Waals surface area contributed by atoms with Crippen LogP contribution in [-0.4, -0.2) is 20.5 Å². The Kier molecular flexibility index (Phi) is 4.69. The summed E-state index contributed by atoms with van der Waals surface area (Å²) in [6.45, 7) is 10.9. The first-order valence-corrected chi connectivity index (χ1v) is 13.5. The van der Waals surface area contributed by atoms with Gasteiger partial charge in [-0.3, -0.25) is 4.79 Å². The van der Waals surface area contributed by atoms with E-state index >= 15 is 0 Å². The molecular weight excluding hydrogens is 348 g/mol. The van der Waals surface area contributed by atoms with E-state index in [0.29, 0.717) is 12.5 Å². The first-order valence-electron chi connectivity index (χ1n) is 10.0. The van der Waals surface area contributed by atoms with Gasteiger partial charge >= 0.3 is 0 Å². The summed E-state index contributed by atoms with van der Waals surface area (Å²) in [4.78, 5) is 12.8. The first-order chi connectivity index (χ1) is 12.9. The lowest BCUT2D eigenvalue weighted by Gasteiger charge is -2.34. The highest BCUT2D eigenvalue weighted by Crippen LogP contribution is 2.43. The van der Waals surface area contributed by atoms with Crippen LogP contribution in [0, 0.1) is 0 Å². The molecule has 0 radical (unpaired) electrons. The number of carbonyl (C=O) groups excluding carboxylic acids is 1. The molecule has 4 rings (SSSR count). The fourth-order valence-electron chi connectivity index (χ4n) is 4.49. The van der Waals surface area contributed by atoms with Crippen molar-refractivity contribution in [2.75, 3.05) is 6.61 Å². The van der Waals surface area contributed by atoms with Gasteiger partial charge in [-0.1, -0.05) is 68.5 Å². The van der Waals surface area contributed by atoms with Crippen molar-refractivity contribution in [3.05, 3.63) is 69.9 Å². The van der Waals surface area contributed by atoms with E-state index in [4.69, 9.17) is 4.74 Å². The van der Waals surface area contributed by atoms with Gasteiger partial charge in [0.1, 0.15) is 0 Å². The highest BCUT2D eigenvalue weighted by molar-refractivity contribution is 6.83. The Morgan fingerprint density at radius 1 is 1.11 bits per heavy atom. The van der Waals surface area contributed by atoms with E-state index in [1.165, 1.54) is 17.5 Å². The number of hydrogen-bond donors (Lipinski definition) is 0. The third-order valence-corrected chi connectivity index (χ3v) is 8.08. The maximum Gasteiger partial charge on any atom is 0.194 e. The van der Waals surface area contributed by atoms with Crippen molar-refractivity contribution in [1.29, 1.82) is 0 Å². The quantitative estimate of drug-likeness (QED) is 0.513. The standard InChI is InChI=1S/C24H28O2Si/c1-5-6-11-23(27(2,3)4)22-15-26-14-16-12-21-20(13-19(16)22)17-9-7-8-10-18(17)24(21)25/h7-13,22H,5-6,14-15H2,1-4H3/b23-11-. The molecule has 0 saturated carbocycles. The number of allylic oxidation sites excluding steroid dienone is 1. The largest absolute Gasteiger partial charge is 0.376 e. The van der Waals surface area contributed by atoms with Crippen molar-refractivity contribution >= 4 is 13.9 Å². The van der Waals surface area contributed by atoms with E-state index in [2.05, 4.69) is 50.8 Å². The molecule has 0 fully saturated rings. The van der Waals surface area contributed by atoms with Gasteiger partial charge in [0.25, 0.3) is 0 Å². The van der Waals surface area contributed by atoms with E-state index in [-0.39, 0.29) is 5.78 Å². The lowest BCUT2D eigenvalue weighted by molar-refractivity contribution is 0.0991. The van der Waals surface area contributed by atoms with Crippen LogP contribution in [0.15, 0.2) is 47.7 Å². The third-order valence-electron chi connectivity index (χ3n) is 5.80. The van der Waals surface area contributed by atoms with Crippen LogP contribution in [0.25, 0.3) is 11.1 Å². The molecule has 2 aliphatic rings. The number of ketones is 1. The maximum absolute atomic E-state index is 12.8. The third kappa shape index (κ3) is 3.13. The van der Waals surface area contributed by atoms with Crippen LogP contribution in [0.2, 0.25) is 19.6 Å². The number of fused-ring (bicyclic) bond motifs is 4. The van der Waals surface area contributed by atoms with Crippen molar-refractivity contribution in [3.63, 3.8) is 0 Å². The topological polar surface area (TPSA) is 26.3 Å². The Morgan fingerprint density at radius 2 is 1.85 bits per heavy atom. The minimum absolute atomic E-state index is 0.150. The second-order valence-corrected chi connectivity index (χ2v) is 13.8. The van der Waals surface area contributed by atoms with E-state index in [1.807, 2.05) is 18.2 Å². The van der Waals surface area contributed by atoms with Gasteiger partial charge in [-0.15, -0.1) is 0 Å². The van der Waals surface area contributed by atoms with Gasteiger partial charge in [-0.05, 0) is 40.8 Å². The SMILES string of the molecule is CCC/C=C(/C1COCc2cc3c(cc21)-c1ccccc1C3=O)[Si](C)(C)C. The van der Waals surface area contributed by atoms with Gasteiger partial charge in [0, 0.05) is 17.0 Å². The molecule has 1 aliphatic heterocycles. The smallest absolute Gasteiger partial charge is 0.194 e. The number of unbranched alkanes of at least 4 members (excludes halogenated alkanes) is 1. The zero-order chi connectivity index (χ0) is 19.2. The fourth-order valence-corrected chi connectivity index (χ4v) is 6.53. The van der Waals surface area contributed by atoms with E-state index < -0.39 is 8.07 Å². The van der Waals surface area contributed by atoms with E-state index in [1.54, 1.807) is 5.20 Å². The second kappa shape index (κ2) is 6.88. The van der Waals surface area contributed by atoms with Crippen LogP contribution in [-0.2, 0) is 11.3 Å². The molecule has 0 spiro atoms. The number of rotatable bonds is 4. The summed E-state index contributed by atoms with van der Waals surface area (Å²) in [5, 5.41) is 1.59. The number of benzene rings is 2. The maximum atomic E-state index is 12.8. The van der Waals surface area contributed by atoms with Crippen molar-refractivity contribution in [3.8, 4) is 11.1 Å². The Bertz CT molecular complexity index is 934. The average molecular weight is 377 g/mol. The summed E-state index contributed by atoms with van der Waals surface area (Å²) in [6.07, 6.45) is 4.76. The van der Waals surface area contributed by atoms with E-state index in [9.17, 15) is 4.79 Å². The molecule has 1 aliphatic carbocycles. The normalized spacial score (nSPS) is 18.9. The molecule has 1 unspecified atom stereocenters. The fraction of sp³-hybridized carbons (Fsp3) is 0.375. The van der Waals surface area contributed by atoms with Crippen LogP contribution >= 0.6 is 0 Å². The molecule has 2 nitrogen and oxygen atoms in total. The van der Waals surface area contributed by atoms with Crippen LogP contribution in [0.5, 0.6) is 0 Å². The molecule has 3 heteroatoms. The molecular formula is C24H28O2Si. The Labute approximate surface area is 163 Å². The Hall–Kier alpha value is -1.97. The summed E-state index contributed by atoms with van der Waals surface area (Å²) in [6, 6.07) is 12.4. The van der Waals surface area contributed by atoms with Crippen molar-refractivity contribution in [1.82, 2.24) is 0 Å². The highest BCUT2D eigenvalue weighted by atomic mass is 28.3. The van der Waals surface area contributed by atoms with Crippen molar-refractivity contribution in [2.24, 2.45) is 0 Å². The molecule has 27 heavy (non-hydrogen) atoms. The number of ether oxygens (including phenoxy) is 1. The van der Waals surface area contributed by atoms with Gasteiger partial charge < -0.3 is 4.74 Å². The Balaban J connectivity index is 1.86. The summed E-state index contributed by atoms with van der Waals surface area (Å²) >= 11 is 0. The minimum atomic E-state index is -1.48. The lowest BCUT2D eigenvalue weighted by atomic mass is 9.88. The number of hydrogen-bond acceptors (Lipinski definition) is 2. The zero-order valence-electron chi connectivity index (χ0n) is 16.8. The van der Waals surface area contributed by atoms with Gasteiger partial charge in [0.2, 0.25) is 0 Å². The van der Waals surface area contributed by atoms with Gasteiger partial charge in [-0.2, -0.15) is 0 Å². The van der Waals surface area contributed by atoms with Gasteiger partial charge in [0.15, 0.2) is 5.78 Å². The molecule has 0 bridgehead atoms. The Morgan fingerprint density at radius 3 is 2.56 bits per heavy atom. The second-order valence-electron chi connectivity index (χ2n) is 8.74. The molecule has 2 aromatic rings. The van der Waals surface area contributed by atoms with Crippen LogP contribution in [0.1, 0.15) is 52.7 Å². The molecule has 140 valence electrons. The number of carbonyl (C=O) groups is 1. The predicted octanol–water partition coefficient (Wildman–Crippen LogP) is 6.12. The summed E-state index contributed by atoms with van der Waals surface area (Å²) in [5.41, 5.74) is 6.41. The summed E-state index contributed by atoms with van der Waals surface area (Å²) < 4.78 is 6.01. The molecule has 0 saturated heterocycles. The predicted molar refractivity (Wildman–Crippen MR) is 114 cm³/mol. The minimum Gasteiger partial charge on any atom is -0.376 e. The summed E-state index contributed by atoms with van der Waals surface area (Å²) in [5.74, 6) is 0.470. The van der Waals surface area contributed by atoms with Crippen molar-refractivity contribution in [2.45, 2.75) is 51.9 Å². The zero-order valence-corrected chi connectivity index (χ0v) is 17.8. The lowest BCUT2D eigenvalue weighted by Crippen LogP contribution is -2.32. The molecule has 1 heterocycles. The molecule has 0 amide bonds. The van der Waals surface area contributed by atoms with Crippen molar-refractivity contribution < 1.29 is 9.53 Å².